The zero-order valence-electron chi connectivity index (χ0n) is 10.1. The molecule has 1 N–H and O–H groups in total. The molecule has 2 rings (SSSR count). The van der Waals surface area contributed by atoms with Crippen LogP contribution in [-0.4, -0.2) is 26.8 Å². The summed E-state index contributed by atoms with van der Waals surface area (Å²) in [7, 11) is -3.39. The van der Waals surface area contributed by atoms with Gasteiger partial charge in [0.1, 0.15) is 0 Å². The van der Waals surface area contributed by atoms with Crippen molar-refractivity contribution < 1.29 is 21.6 Å². The van der Waals surface area contributed by atoms with Crippen molar-refractivity contribution >= 4 is 9.84 Å². The van der Waals surface area contributed by atoms with Gasteiger partial charge in [-0.3, -0.25) is 0 Å². The molecular weight excluding hydrogens is 279 g/mol. The first-order chi connectivity index (χ1) is 8.76. The molecule has 0 aromatic heterocycles. The average molecular weight is 293 g/mol. The van der Waals surface area contributed by atoms with Gasteiger partial charge in [-0.1, -0.05) is 18.2 Å². The van der Waals surface area contributed by atoms with E-state index >= 15 is 0 Å². The van der Waals surface area contributed by atoms with Gasteiger partial charge in [0, 0.05) is 6.04 Å². The van der Waals surface area contributed by atoms with Gasteiger partial charge in [-0.25, -0.2) is 8.42 Å². The van der Waals surface area contributed by atoms with Gasteiger partial charge in [0.05, 0.1) is 17.1 Å². The minimum absolute atomic E-state index is 0.0246. The molecule has 1 aliphatic rings. The molecule has 3 nitrogen and oxygen atoms in total. The zero-order chi connectivity index (χ0) is 14.1. The van der Waals surface area contributed by atoms with Crippen LogP contribution in [0.2, 0.25) is 0 Å². The van der Waals surface area contributed by atoms with Crippen LogP contribution in [0.5, 0.6) is 0 Å². The number of sulfone groups is 1. The highest BCUT2D eigenvalue weighted by Gasteiger charge is 2.31. The van der Waals surface area contributed by atoms with Crippen molar-refractivity contribution in [3.63, 3.8) is 0 Å². The van der Waals surface area contributed by atoms with E-state index in [0.717, 1.165) is 25.1 Å². The normalized spacial score (nSPS) is 20.1. The summed E-state index contributed by atoms with van der Waals surface area (Å²) in [4.78, 5) is 0. The molecular formula is C12H14F3NO2S. The van der Waals surface area contributed by atoms with Crippen LogP contribution in [0.25, 0.3) is 0 Å². The Balaban J connectivity index is 2.10. The van der Waals surface area contributed by atoms with Crippen LogP contribution >= 0.6 is 0 Å². The molecule has 1 atom stereocenters. The number of hydrogen-bond acceptors (Lipinski definition) is 3. The van der Waals surface area contributed by atoms with Crippen molar-refractivity contribution in [2.24, 2.45) is 0 Å². The number of halogens is 3. The molecule has 0 bridgehead atoms. The summed E-state index contributed by atoms with van der Waals surface area (Å²) in [6.07, 6.45) is -3.66. The van der Waals surface area contributed by atoms with Crippen LogP contribution in [0.3, 0.4) is 0 Å². The highest BCUT2D eigenvalue weighted by Crippen LogP contribution is 2.29. The van der Waals surface area contributed by atoms with E-state index in [1.807, 2.05) is 0 Å². The van der Waals surface area contributed by atoms with E-state index in [9.17, 15) is 21.6 Å². The molecule has 106 valence electrons. The maximum Gasteiger partial charge on any atom is 0.416 e. The maximum absolute atomic E-state index is 12.5. The SMILES string of the molecule is O=S(=O)(Cc1cccc(C(F)(F)F)c1)CC1CCN1. The number of hydrogen-bond donors (Lipinski definition) is 1. The average Bonchev–Trinajstić information content (AvgIpc) is 2.22. The predicted molar refractivity (Wildman–Crippen MR) is 65.3 cm³/mol. The Morgan fingerprint density at radius 3 is 2.53 bits per heavy atom. The monoisotopic (exact) mass is 293 g/mol. The standard InChI is InChI=1S/C12H14F3NO2S/c13-12(14,15)10-3-1-2-9(6-10)7-19(17,18)8-11-4-5-16-11/h1-3,6,11,16H,4-5,7-8H2. The lowest BCUT2D eigenvalue weighted by atomic mass is 10.1. The lowest BCUT2D eigenvalue weighted by molar-refractivity contribution is -0.137. The largest absolute Gasteiger partial charge is 0.416 e. The molecule has 0 saturated carbocycles. The molecule has 0 amide bonds. The lowest BCUT2D eigenvalue weighted by Gasteiger charge is -2.27. The van der Waals surface area contributed by atoms with Gasteiger partial charge < -0.3 is 5.32 Å². The van der Waals surface area contributed by atoms with Crippen molar-refractivity contribution in [2.75, 3.05) is 12.3 Å². The van der Waals surface area contributed by atoms with Gasteiger partial charge in [0.15, 0.2) is 9.84 Å². The highest BCUT2D eigenvalue weighted by atomic mass is 32.2. The minimum atomic E-state index is -4.45. The van der Waals surface area contributed by atoms with Gasteiger partial charge >= 0.3 is 6.18 Å². The van der Waals surface area contributed by atoms with Gasteiger partial charge in [-0.05, 0) is 24.6 Å². The molecule has 0 radical (unpaired) electrons. The highest BCUT2D eigenvalue weighted by molar-refractivity contribution is 7.90. The van der Waals surface area contributed by atoms with Crippen molar-refractivity contribution in [1.82, 2.24) is 5.32 Å². The van der Waals surface area contributed by atoms with Gasteiger partial charge in [0.25, 0.3) is 0 Å². The number of rotatable bonds is 4. The quantitative estimate of drug-likeness (QED) is 0.923. The van der Waals surface area contributed by atoms with E-state index in [0.29, 0.717) is 0 Å². The molecule has 1 aromatic rings. The molecule has 1 fully saturated rings. The molecule has 19 heavy (non-hydrogen) atoms. The molecule has 1 unspecified atom stereocenters. The van der Waals surface area contributed by atoms with E-state index in [1.54, 1.807) is 0 Å². The smallest absolute Gasteiger partial charge is 0.313 e. The van der Waals surface area contributed by atoms with Crippen LogP contribution in [0, 0.1) is 0 Å². The second-order valence-electron chi connectivity index (χ2n) is 4.69. The summed E-state index contributed by atoms with van der Waals surface area (Å²) >= 11 is 0. The zero-order valence-corrected chi connectivity index (χ0v) is 10.9. The molecule has 7 heteroatoms. The summed E-state index contributed by atoms with van der Waals surface area (Å²) in [5, 5.41) is 2.96. The van der Waals surface area contributed by atoms with Crippen LogP contribution in [0.1, 0.15) is 17.5 Å². The molecule has 1 saturated heterocycles. The Hall–Kier alpha value is -1.08. The Kier molecular flexibility index (Phi) is 3.87. The Labute approximate surface area is 109 Å². The van der Waals surface area contributed by atoms with E-state index in [2.05, 4.69) is 5.32 Å². The van der Waals surface area contributed by atoms with Crippen molar-refractivity contribution in [1.29, 1.82) is 0 Å². The van der Waals surface area contributed by atoms with Crippen LogP contribution < -0.4 is 5.32 Å². The lowest BCUT2D eigenvalue weighted by Crippen LogP contribution is -2.47. The first kappa shape index (κ1) is 14.3. The van der Waals surface area contributed by atoms with Crippen molar-refractivity contribution in [3.8, 4) is 0 Å². The van der Waals surface area contributed by atoms with Gasteiger partial charge in [0.2, 0.25) is 0 Å². The van der Waals surface area contributed by atoms with E-state index in [4.69, 9.17) is 0 Å². The minimum Gasteiger partial charge on any atom is -0.313 e. The Bertz CT molecular complexity index is 550. The van der Waals surface area contributed by atoms with E-state index in [1.165, 1.54) is 12.1 Å². The topological polar surface area (TPSA) is 46.2 Å². The second-order valence-corrected chi connectivity index (χ2v) is 6.80. The Morgan fingerprint density at radius 2 is 2.00 bits per heavy atom. The predicted octanol–water partition coefficient (Wildman–Crippen LogP) is 1.98. The third kappa shape index (κ3) is 3.94. The second kappa shape index (κ2) is 5.13. The summed E-state index contributed by atoms with van der Waals surface area (Å²) in [5.74, 6) is -0.377. The third-order valence-electron chi connectivity index (χ3n) is 3.02. The van der Waals surface area contributed by atoms with Crippen LogP contribution in [-0.2, 0) is 21.8 Å². The van der Waals surface area contributed by atoms with Crippen molar-refractivity contribution in [3.05, 3.63) is 35.4 Å². The van der Waals surface area contributed by atoms with Crippen LogP contribution in [0.15, 0.2) is 24.3 Å². The van der Waals surface area contributed by atoms with Gasteiger partial charge in [-0.15, -0.1) is 0 Å². The Morgan fingerprint density at radius 1 is 1.32 bits per heavy atom. The summed E-state index contributed by atoms with van der Waals surface area (Å²) < 4.78 is 61.2. The van der Waals surface area contributed by atoms with E-state index in [-0.39, 0.29) is 23.1 Å². The first-order valence-electron chi connectivity index (χ1n) is 5.86. The first-order valence-corrected chi connectivity index (χ1v) is 7.68. The molecule has 0 aliphatic carbocycles. The summed E-state index contributed by atoms with van der Waals surface area (Å²) in [6, 6.07) is 4.40. The molecule has 1 heterocycles. The third-order valence-corrected chi connectivity index (χ3v) is 4.71. The summed E-state index contributed by atoms with van der Waals surface area (Å²) in [5.41, 5.74) is -0.642. The fourth-order valence-corrected chi connectivity index (χ4v) is 3.65. The number of nitrogens with one attached hydrogen (secondary N) is 1. The van der Waals surface area contributed by atoms with E-state index < -0.39 is 21.6 Å². The van der Waals surface area contributed by atoms with Gasteiger partial charge in [-0.2, -0.15) is 13.2 Å². The molecule has 1 aliphatic heterocycles. The maximum atomic E-state index is 12.5. The fourth-order valence-electron chi connectivity index (χ4n) is 1.95. The number of alkyl halides is 3. The fraction of sp³-hybridized carbons (Fsp3) is 0.500. The van der Waals surface area contributed by atoms with Crippen LogP contribution in [0.4, 0.5) is 13.2 Å². The molecule has 0 spiro atoms. The van der Waals surface area contributed by atoms with Crippen molar-refractivity contribution in [2.45, 2.75) is 24.4 Å². The molecule has 1 aromatic carbocycles. The number of benzene rings is 1. The summed E-state index contributed by atoms with van der Waals surface area (Å²) in [6.45, 7) is 0.795.